The zero-order valence-electron chi connectivity index (χ0n) is 16.9. The van der Waals surface area contributed by atoms with Gasteiger partial charge in [-0.05, 0) is 43.5 Å². The summed E-state index contributed by atoms with van der Waals surface area (Å²) in [5, 5.41) is 3.39. The number of methoxy groups -OCH3 is 2. The Kier molecular flexibility index (Phi) is 7.30. The van der Waals surface area contributed by atoms with Gasteiger partial charge in [0.05, 0.1) is 27.4 Å². The summed E-state index contributed by atoms with van der Waals surface area (Å²) in [6.07, 6.45) is 0. The standard InChI is InChI=1S/C21H29NO5/c1-13(2)12-26-19-8-7-16(9-20(19)24-5)14(3)22-11-17-10-18(15(4)27-17)21(23)25-6/h7-10,13-14,22H,11-12H2,1-6H3. The molecule has 0 aliphatic carbocycles. The van der Waals surface area contributed by atoms with Crippen molar-refractivity contribution in [2.24, 2.45) is 5.92 Å². The number of aryl methyl sites for hydroxylation is 1. The lowest BCUT2D eigenvalue weighted by atomic mass is 10.1. The molecule has 0 fully saturated rings. The zero-order chi connectivity index (χ0) is 20.0. The Balaban J connectivity index is 2.03. The minimum absolute atomic E-state index is 0.0602. The van der Waals surface area contributed by atoms with Crippen LogP contribution < -0.4 is 14.8 Å². The molecule has 1 aromatic carbocycles. The van der Waals surface area contributed by atoms with Crippen molar-refractivity contribution in [2.75, 3.05) is 20.8 Å². The van der Waals surface area contributed by atoms with E-state index in [0.29, 0.717) is 41.9 Å². The Morgan fingerprint density at radius 3 is 2.52 bits per heavy atom. The first kappa shape index (κ1) is 20.8. The van der Waals surface area contributed by atoms with Crippen molar-refractivity contribution in [3.8, 4) is 11.5 Å². The average Bonchev–Trinajstić information content (AvgIpc) is 3.04. The summed E-state index contributed by atoms with van der Waals surface area (Å²) in [6.45, 7) is 9.15. The van der Waals surface area contributed by atoms with E-state index in [2.05, 4.69) is 26.1 Å². The van der Waals surface area contributed by atoms with Gasteiger partial charge in [-0.2, -0.15) is 0 Å². The van der Waals surface area contributed by atoms with Gasteiger partial charge in [0, 0.05) is 6.04 Å². The van der Waals surface area contributed by atoms with Crippen LogP contribution in [0.5, 0.6) is 11.5 Å². The number of furan rings is 1. The summed E-state index contributed by atoms with van der Waals surface area (Å²) in [5.74, 6) is 2.75. The van der Waals surface area contributed by atoms with Crippen LogP contribution in [0, 0.1) is 12.8 Å². The van der Waals surface area contributed by atoms with E-state index in [1.54, 1.807) is 20.1 Å². The van der Waals surface area contributed by atoms with Crippen LogP contribution in [0.2, 0.25) is 0 Å². The fraction of sp³-hybridized carbons (Fsp3) is 0.476. The zero-order valence-corrected chi connectivity index (χ0v) is 16.9. The van der Waals surface area contributed by atoms with Crippen molar-refractivity contribution in [3.63, 3.8) is 0 Å². The summed E-state index contributed by atoms with van der Waals surface area (Å²) in [5.41, 5.74) is 1.52. The molecule has 0 bridgehead atoms. The average molecular weight is 375 g/mol. The van der Waals surface area contributed by atoms with Crippen LogP contribution in [0.15, 0.2) is 28.7 Å². The molecule has 0 aliphatic heterocycles. The third-order valence-corrected chi connectivity index (χ3v) is 4.22. The second-order valence-electron chi connectivity index (χ2n) is 6.89. The highest BCUT2D eigenvalue weighted by molar-refractivity contribution is 5.90. The second kappa shape index (κ2) is 9.46. The maximum absolute atomic E-state index is 11.7. The predicted molar refractivity (Wildman–Crippen MR) is 103 cm³/mol. The molecule has 0 radical (unpaired) electrons. The fourth-order valence-electron chi connectivity index (χ4n) is 2.64. The normalized spacial score (nSPS) is 12.1. The van der Waals surface area contributed by atoms with Crippen LogP contribution in [0.4, 0.5) is 0 Å². The van der Waals surface area contributed by atoms with E-state index in [4.69, 9.17) is 18.6 Å². The Labute approximate surface area is 160 Å². The van der Waals surface area contributed by atoms with Gasteiger partial charge in [-0.25, -0.2) is 4.79 Å². The molecule has 0 saturated heterocycles. The molecule has 0 aliphatic rings. The molecule has 2 rings (SSSR count). The third kappa shape index (κ3) is 5.50. The molecule has 27 heavy (non-hydrogen) atoms. The van der Waals surface area contributed by atoms with Crippen molar-refractivity contribution in [3.05, 3.63) is 46.9 Å². The molecule has 6 heteroatoms. The highest BCUT2D eigenvalue weighted by Gasteiger charge is 2.16. The van der Waals surface area contributed by atoms with Gasteiger partial charge in [-0.1, -0.05) is 19.9 Å². The molecular formula is C21H29NO5. The number of carbonyl (C=O) groups excluding carboxylic acids is 1. The molecule has 6 nitrogen and oxygen atoms in total. The molecule has 1 N–H and O–H groups in total. The van der Waals surface area contributed by atoms with Crippen LogP contribution in [0.3, 0.4) is 0 Å². The van der Waals surface area contributed by atoms with Crippen LogP contribution in [-0.4, -0.2) is 26.8 Å². The van der Waals surface area contributed by atoms with Crippen LogP contribution in [-0.2, 0) is 11.3 Å². The summed E-state index contributed by atoms with van der Waals surface area (Å²) < 4.78 is 21.7. The van der Waals surface area contributed by atoms with Crippen molar-refractivity contribution in [1.82, 2.24) is 5.32 Å². The summed E-state index contributed by atoms with van der Waals surface area (Å²) >= 11 is 0. The smallest absolute Gasteiger partial charge is 0.341 e. The second-order valence-corrected chi connectivity index (χ2v) is 6.89. The first-order valence-electron chi connectivity index (χ1n) is 9.07. The lowest BCUT2D eigenvalue weighted by molar-refractivity contribution is 0.0599. The van der Waals surface area contributed by atoms with E-state index < -0.39 is 5.97 Å². The molecule has 1 unspecified atom stereocenters. The molecule has 1 heterocycles. The van der Waals surface area contributed by atoms with Crippen molar-refractivity contribution >= 4 is 5.97 Å². The Hall–Kier alpha value is -2.47. The lowest BCUT2D eigenvalue weighted by Crippen LogP contribution is -2.18. The molecular weight excluding hydrogens is 346 g/mol. The maximum Gasteiger partial charge on any atom is 0.341 e. The van der Waals surface area contributed by atoms with Gasteiger partial charge in [0.1, 0.15) is 17.1 Å². The third-order valence-electron chi connectivity index (χ3n) is 4.22. The maximum atomic E-state index is 11.7. The van der Waals surface area contributed by atoms with Crippen LogP contribution in [0.25, 0.3) is 0 Å². The Morgan fingerprint density at radius 2 is 1.89 bits per heavy atom. The fourth-order valence-corrected chi connectivity index (χ4v) is 2.64. The number of carbonyl (C=O) groups is 1. The Bertz CT molecular complexity index is 766. The molecule has 0 amide bonds. The number of rotatable bonds is 9. The van der Waals surface area contributed by atoms with Gasteiger partial charge < -0.3 is 23.9 Å². The number of nitrogens with one attached hydrogen (secondary N) is 1. The number of esters is 1. The van der Waals surface area contributed by atoms with Gasteiger partial charge in [0.2, 0.25) is 0 Å². The molecule has 1 atom stereocenters. The van der Waals surface area contributed by atoms with Crippen LogP contribution >= 0.6 is 0 Å². The van der Waals surface area contributed by atoms with Gasteiger partial charge >= 0.3 is 5.97 Å². The molecule has 1 aromatic heterocycles. The van der Waals surface area contributed by atoms with Gasteiger partial charge in [-0.3, -0.25) is 0 Å². The van der Waals surface area contributed by atoms with E-state index in [9.17, 15) is 4.79 Å². The Morgan fingerprint density at radius 1 is 1.15 bits per heavy atom. The first-order valence-corrected chi connectivity index (χ1v) is 9.07. The van der Waals surface area contributed by atoms with Crippen molar-refractivity contribution in [2.45, 2.75) is 40.3 Å². The minimum atomic E-state index is -0.391. The number of ether oxygens (including phenoxy) is 3. The first-order chi connectivity index (χ1) is 12.8. The molecule has 2 aromatic rings. The lowest BCUT2D eigenvalue weighted by Gasteiger charge is -2.17. The van der Waals surface area contributed by atoms with E-state index >= 15 is 0 Å². The van der Waals surface area contributed by atoms with Crippen LogP contribution in [0.1, 0.15) is 54.3 Å². The number of hydrogen-bond acceptors (Lipinski definition) is 6. The van der Waals surface area contributed by atoms with Gasteiger partial charge in [0.25, 0.3) is 0 Å². The number of hydrogen-bond donors (Lipinski definition) is 1. The van der Waals surface area contributed by atoms with E-state index in [1.165, 1.54) is 7.11 Å². The highest BCUT2D eigenvalue weighted by atomic mass is 16.5. The van der Waals surface area contributed by atoms with Gasteiger partial charge in [-0.15, -0.1) is 0 Å². The summed E-state index contributed by atoms with van der Waals surface area (Å²) in [6, 6.07) is 7.69. The minimum Gasteiger partial charge on any atom is -0.493 e. The summed E-state index contributed by atoms with van der Waals surface area (Å²) in [7, 11) is 3.00. The molecule has 0 spiro atoms. The van der Waals surface area contributed by atoms with Gasteiger partial charge in [0.15, 0.2) is 11.5 Å². The SMILES string of the molecule is COC(=O)c1cc(CNC(C)c2ccc(OCC(C)C)c(OC)c2)oc1C. The topological polar surface area (TPSA) is 69.9 Å². The monoisotopic (exact) mass is 375 g/mol. The summed E-state index contributed by atoms with van der Waals surface area (Å²) in [4.78, 5) is 11.7. The van der Waals surface area contributed by atoms with E-state index in [1.807, 2.05) is 18.2 Å². The molecule has 0 saturated carbocycles. The quantitative estimate of drug-likeness (QED) is 0.660. The predicted octanol–water partition coefficient (Wildman–Crippen LogP) is 4.27. The van der Waals surface area contributed by atoms with Crippen molar-refractivity contribution < 1.29 is 23.4 Å². The van der Waals surface area contributed by atoms with E-state index in [0.717, 1.165) is 11.3 Å². The van der Waals surface area contributed by atoms with Crippen molar-refractivity contribution in [1.29, 1.82) is 0 Å². The number of benzene rings is 1. The van der Waals surface area contributed by atoms with E-state index in [-0.39, 0.29) is 6.04 Å². The largest absolute Gasteiger partial charge is 0.493 e. The molecule has 148 valence electrons. The highest BCUT2D eigenvalue weighted by Crippen LogP contribution is 2.31.